The lowest BCUT2D eigenvalue weighted by molar-refractivity contribution is -0.146. The number of hydrogen-bond acceptors (Lipinski definition) is 4. The average molecular weight is 380 g/mol. The van der Waals surface area contributed by atoms with Crippen LogP contribution in [0.4, 0.5) is 0 Å². The van der Waals surface area contributed by atoms with Gasteiger partial charge < -0.3 is 20.1 Å². The number of carbonyl (C=O) groups excluding carboxylic acids is 2. The minimum Gasteiger partial charge on any atom is -0.481 e. The Labute approximate surface area is 160 Å². The second-order valence-electron chi connectivity index (χ2n) is 8.17. The van der Waals surface area contributed by atoms with Crippen LogP contribution in [0.5, 0.6) is 0 Å². The molecule has 0 aromatic heterocycles. The lowest BCUT2D eigenvalue weighted by atomic mass is 9.77. The van der Waals surface area contributed by atoms with Crippen LogP contribution in [0.15, 0.2) is 0 Å². The molecule has 3 unspecified atom stereocenters. The van der Waals surface area contributed by atoms with Crippen molar-refractivity contribution in [2.75, 3.05) is 32.8 Å². The van der Waals surface area contributed by atoms with Gasteiger partial charge in [-0.2, -0.15) is 0 Å². The molecule has 7 heteroatoms. The van der Waals surface area contributed by atoms with Crippen LogP contribution in [-0.4, -0.2) is 60.6 Å². The van der Waals surface area contributed by atoms with Crippen molar-refractivity contribution < 1.29 is 24.2 Å². The molecule has 3 atom stereocenters. The van der Waals surface area contributed by atoms with E-state index in [0.29, 0.717) is 32.5 Å². The van der Waals surface area contributed by atoms with Crippen LogP contribution < -0.4 is 5.32 Å². The van der Waals surface area contributed by atoms with E-state index in [1.54, 1.807) is 0 Å². The Bertz CT molecular complexity index is 540. The molecule has 27 heavy (non-hydrogen) atoms. The second kappa shape index (κ2) is 9.53. The summed E-state index contributed by atoms with van der Waals surface area (Å²) in [5, 5.41) is 12.5. The van der Waals surface area contributed by atoms with Gasteiger partial charge in [-0.25, -0.2) is 0 Å². The molecule has 3 rings (SSSR count). The first kappa shape index (κ1) is 20.1. The van der Waals surface area contributed by atoms with E-state index in [1.165, 1.54) is 0 Å². The van der Waals surface area contributed by atoms with E-state index in [-0.39, 0.29) is 36.1 Å². The van der Waals surface area contributed by atoms with Gasteiger partial charge in [0.1, 0.15) is 0 Å². The van der Waals surface area contributed by atoms with Gasteiger partial charge in [-0.1, -0.05) is 12.8 Å². The quantitative estimate of drug-likeness (QED) is 0.731. The molecule has 3 fully saturated rings. The molecule has 0 spiro atoms. The molecule has 0 bridgehead atoms. The Morgan fingerprint density at radius 2 is 1.59 bits per heavy atom. The van der Waals surface area contributed by atoms with Crippen molar-refractivity contribution >= 4 is 17.8 Å². The number of carboxylic acid groups (broad SMARTS) is 1. The number of nitrogens with one attached hydrogen (secondary N) is 1. The zero-order valence-corrected chi connectivity index (χ0v) is 16.0. The summed E-state index contributed by atoms with van der Waals surface area (Å²) in [6, 6.07) is 0. The van der Waals surface area contributed by atoms with Crippen molar-refractivity contribution in [2.45, 2.75) is 51.4 Å². The summed E-state index contributed by atoms with van der Waals surface area (Å²) in [5.74, 6) is -2.02. The smallest absolute Gasteiger partial charge is 0.308 e. The van der Waals surface area contributed by atoms with Crippen LogP contribution in [0.2, 0.25) is 0 Å². The van der Waals surface area contributed by atoms with Crippen molar-refractivity contribution in [3.8, 4) is 0 Å². The van der Waals surface area contributed by atoms with Crippen molar-refractivity contribution in [3.63, 3.8) is 0 Å². The number of carboxylic acids is 1. The van der Waals surface area contributed by atoms with Crippen molar-refractivity contribution in [1.29, 1.82) is 0 Å². The summed E-state index contributed by atoms with van der Waals surface area (Å²) in [7, 11) is 0. The van der Waals surface area contributed by atoms with Gasteiger partial charge >= 0.3 is 5.97 Å². The number of aliphatic carboxylic acids is 1. The van der Waals surface area contributed by atoms with Gasteiger partial charge in [0.2, 0.25) is 11.8 Å². The van der Waals surface area contributed by atoms with Gasteiger partial charge in [0.15, 0.2) is 0 Å². The maximum atomic E-state index is 12.8. The second-order valence-corrected chi connectivity index (χ2v) is 8.17. The summed E-state index contributed by atoms with van der Waals surface area (Å²) in [6.45, 7) is 2.90. The topological polar surface area (TPSA) is 95.9 Å². The highest BCUT2D eigenvalue weighted by atomic mass is 16.5. The SMILES string of the molecule is O=C(O)C(CNC(=O)C1CCCCC1C(=O)N1CCCC1)C1CCOCC1. The highest BCUT2D eigenvalue weighted by molar-refractivity contribution is 5.88. The van der Waals surface area contributed by atoms with E-state index < -0.39 is 11.9 Å². The fourth-order valence-corrected chi connectivity index (χ4v) is 4.83. The van der Waals surface area contributed by atoms with E-state index in [9.17, 15) is 19.5 Å². The summed E-state index contributed by atoms with van der Waals surface area (Å²) in [4.78, 5) is 39.3. The fraction of sp³-hybridized carbons (Fsp3) is 0.850. The number of hydrogen-bond donors (Lipinski definition) is 2. The highest BCUT2D eigenvalue weighted by Gasteiger charge is 2.39. The first-order valence-electron chi connectivity index (χ1n) is 10.4. The first-order valence-corrected chi connectivity index (χ1v) is 10.4. The molecule has 2 aliphatic heterocycles. The zero-order chi connectivity index (χ0) is 19.2. The predicted molar refractivity (Wildman–Crippen MR) is 98.9 cm³/mol. The highest BCUT2D eigenvalue weighted by Crippen LogP contribution is 2.33. The molecule has 3 aliphatic rings. The number of rotatable bonds is 6. The van der Waals surface area contributed by atoms with Gasteiger partial charge in [-0.15, -0.1) is 0 Å². The van der Waals surface area contributed by atoms with Gasteiger partial charge in [-0.05, 0) is 44.4 Å². The van der Waals surface area contributed by atoms with Gasteiger partial charge in [0, 0.05) is 44.7 Å². The van der Waals surface area contributed by atoms with Crippen molar-refractivity contribution in [3.05, 3.63) is 0 Å². The third kappa shape index (κ3) is 5.00. The van der Waals surface area contributed by atoms with Crippen LogP contribution in [-0.2, 0) is 19.1 Å². The van der Waals surface area contributed by atoms with Crippen molar-refractivity contribution in [1.82, 2.24) is 10.2 Å². The summed E-state index contributed by atoms with van der Waals surface area (Å²) in [6.07, 6.45) is 6.92. The molecule has 1 aliphatic carbocycles. The van der Waals surface area contributed by atoms with Crippen molar-refractivity contribution in [2.24, 2.45) is 23.7 Å². The predicted octanol–water partition coefficient (Wildman–Crippen LogP) is 1.66. The average Bonchev–Trinajstić information content (AvgIpc) is 3.23. The van der Waals surface area contributed by atoms with E-state index >= 15 is 0 Å². The Balaban J connectivity index is 1.58. The molecule has 2 amide bonds. The van der Waals surface area contributed by atoms with Crippen LogP contribution in [0.3, 0.4) is 0 Å². The fourth-order valence-electron chi connectivity index (χ4n) is 4.83. The standard InChI is InChI=1S/C20H32N2O5/c23-18(21-13-17(20(25)26)14-7-11-27-12-8-14)15-5-1-2-6-16(15)19(24)22-9-3-4-10-22/h14-17H,1-13H2,(H,21,23)(H,25,26). The molecule has 7 nitrogen and oxygen atoms in total. The Hall–Kier alpha value is -1.63. The Morgan fingerprint density at radius 1 is 0.963 bits per heavy atom. The minimum atomic E-state index is -0.865. The number of ether oxygens (including phenoxy) is 1. The summed E-state index contributed by atoms with van der Waals surface area (Å²) in [5.41, 5.74) is 0. The number of nitrogens with zero attached hydrogens (tertiary/aromatic N) is 1. The summed E-state index contributed by atoms with van der Waals surface area (Å²) < 4.78 is 5.32. The molecule has 2 heterocycles. The van der Waals surface area contributed by atoms with Gasteiger partial charge in [0.25, 0.3) is 0 Å². The molecule has 0 aromatic carbocycles. The molecule has 152 valence electrons. The monoisotopic (exact) mass is 380 g/mol. The van der Waals surface area contributed by atoms with Crippen LogP contribution in [0.1, 0.15) is 51.4 Å². The largest absolute Gasteiger partial charge is 0.481 e. The molecule has 1 saturated carbocycles. The van der Waals surface area contributed by atoms with Gasteiger partial charge in [0.05, 0.1) is 5.92 Å². The maximum Gasteiger partial charge on any atom is 0.308 e. The number of likely N-dealkylation sites (tertiary alicyclic amines) is 1. The Morgan fingerprint density at radius 3 is 2.22 bits per heavy atom. The lowest BCUT2D eigenvalue weighted by Gasteiger charge is -2.33. The molecule has 2 N–H and O–H groups in total. The van der Waals surface area contributed by atoms with Crippen LogP contribution >= 0.6 is 0 Å². The van der Waals surface area contributed by atoms with Gasteiger partial charge in [-0.3, -0.25) is 14.4 Å². The third-order valence-corrected chi connectivity index (χ3v) is 6.49. The third-order valence-electron chi connectivity index (χ3n) is 6.49. The van der Waals surface area contributed by atoms with E-state index in [1.807, 2.05) is 4.90 Å². The molecule has 0 radical (unpaired) electrons. The maximum absolute atomic E-state index is 12.8. The van der Waals surface area contributed by atoms with E-state index in [4.69, 9.17) is 4.74 Å². The van der Waals surface area contributed by atoms with Crippen LogP contribution in [0, 0.1) is 23.7 Å². The molecular weight excluding hydrogens is 348 g/mol. The first-order chi connectivity index (χ1) is 13.1. The number of carbonyl (C=O) groups is 3. The van der Waals surface area contributed by atoms with Crippen LogP contribution in [0.25, 0.3) is 0 Å². The zero-order valence-electron chi connectivity index (χ0n) is 16.0. The molecule has 2 saturated heterocycles. The minimum absolute atomic E-state index is 0.0323. The van der Waals surface area contributed by atoms with E-state index in [0.717, 1.165) is 45.2 Å². The summed E-state index contributed by atoms with van der Waals surface area (Å²) >= 11 is 0. The normalized spacial score (nSPS) is 27.9. The molecular formula is C20H32N2O5. The van der Waals surface area contributed by atoms with E-state index in [2.05, 4.69) is 5.32 Å². The lowest BCUT2D eigenvalue weighted by Crippen LogP contribution is -2.46. The Kier molecular flexibility index (Phi) is 7.10. The molecule has 0 aromatic rings. The number of amides is 2.